The molecule has 1 aliphatic heterocycles. The van der Waals surface area contributed by atoms with Crippen LogP contribution in [0.1, 0.15) is 33.4 Å². The summed E-state index contributed by atoms with van der Waals surface area (Å²) in [4.78, 5) is 9.08. The Morgan fingerprint density at radius 3 is 2.05 bits per heavy atom. The normalized spacial score (nSPS) is 13.2. The number of rotatable bonds is 5. The van der Waals surface area contributed by atoms with E-state index in [1.54, 1.807) is 0 Å². The second-order valence-electron chi connectivity index (χ2n) is 15.4. The number of benzene rings is 6. The number of aromatic nitrogens is 4. The third-order valence-corrected chi connectivity index (χ3v) is 11.8. The Morgan fingerprint density at radius 1 is 0.655 bits per heavy atom. The summed E-state index contributed by atoms with van der Waals surface area (Å²) >= 11 is 0. The van der Waals surface area contributed by atoms with Gasteiger partial charge in [-0.15, -0.1) is 35.2 Å². The molecular formula is C50H38N6OPt-2. The fraction of sp³-hybridized carbons (Fsp3) is 0.120. The van der Waals surface area contributed by atoms with Crippen molar-refractivity contribution in [3.8, 4) is 23.0 Å². The Kier molecular flexibility index (Phi) is 8.26. The van der Waals surface area contributed by atoms with E-state index in [9.17, 15) is 0 Å². The zero-order valence-electron chi connectivity index (χ0n) is 32.7. The fourth-order valence-corrected chi connectivity index (χ4v) is 9.17. The van der Waals surface area contributed by atoms with E-state index in [1.807, 2.05) is 30.5 Å². The number of pyridine rings is 1. The van der Waals surface area contributed by atoms with Crippen LogP contribution in [0.25, 0.3) is 56.5 Å². The number of nitrogens with zero attached hydrogens (tertiary/aromatic N) is 6. The van der Waals surface area contributed by atoms with Crippen molar-refractivity contribution in [1.82, 2.24) is 14.1 Å². The summed E-state index contributed by atoms with van der Waals surface area (Å²) in [6.45, 7) is 0. The number of ether oxygens (including phenoxy) is 1. The van der Waals surface area contributed by atoms with Crippen molar-refractivity contribution in [2.24, 2.45) is 7.05 Å². The minimum absolute atomic E-state index is 0. The molecule has 11 rings (SSSR count). The molecule has 0 atom stereocenters. The minimum Gasteiger partial charge on any atom is -0.510 e. The number of fused-ring (bicyclic) bond motifs is 11. The van der Waals surface area contributed by atoms with Crippen molar-refractivity contribution < 1.29 is 30.4 Å². The van der Waals surface area contributed by atoms with Crippen LogP contribution in [0.15, 0.2) is 128 Å². The second-order valence-corrected chi connectivity index (χ2v) is 15.4. The summed E-state index contributed by atoms with van der Waals surface area (Å²) in [5.41, 5.74) is 13.7. The number of aryl methyl sites for hydroxylation is 1. The molecule has 1 aliphatic carbocycles. The molecule has 7 nitrogen and oxygen atoms in total. The predicted molar refractivity (Wildman–Crippen MR) is 229 cm³/mol. The molecule has 0 fully saturated rings. The fourth-order valence-electron chi connectivity index (χ4n) is 9.17. The number of hydrogen-bond acceptors (Lipinski definition) is 4. The van der Waals surface area contributed by atoms with Gasteiger partial charge in [-0.25, -0.2) is 4.98 Å². The topological polar surface area (TPSA) is 42.3 Å². The third-order valence-electron chi connectivity index (χ3n) is 11.8. The SMILES string of the molecule is CN(C)c1ccc2c(c1)C1(c3ccc(Oc4[c-]c5c(cc4)c4ccccc4n5-c4ccccn4)[c-]c3-n3[c-][n+](C)c4cccc1c43)c1cc(N(C)C)ccc1C=C2.[Pt]. The molecule has 8 heteroatoms. The molecule has 0 unspecified atom stereocenters. The van der Waals surface area contributed by atoms with Crippen molar-refractivity contribution >= 4 is 56.4 Å². The van der Waals surface area contributed by atoms with Crippen LogP contribution in [-0.4, -0.2) is 42.3 Å². The van der Waals surface area contributed by atoms with E-state index in [2.05, 4.69) is 186 Å². The Bertz CT molecular complexity index is 3080. The first-order valence-corrected chi connectivity index (χ1v) is 19.2. The van der Waals surface area contributed by atoms with E-state index < -0.39 is 5.41 Å². The maximum atomic E-state index is 6.77. The average molecular weight is 934 g/mol. The van der Waals surface area contributed by atoms with Gasteiger partial charge in [-0.05, 0) is 75.7 Å². The van der Waals surface area contributed by atoms with Crippen molar-refractivity contribution in [3.63, 3.8) is 0 Å². The molecule has 3 aromatic heterocycles. The summed E-state index contributed by atoms with van der Waals surface area (Å²) in [5.74, 6) is 2.01. The first-order chi connectivity index (χ1) is 27.8. The number of para-hydroxylation sites is 2. The van der Waals surface area contributed by atoms with E-state index >= 15 is 0 Å². The Balaban J connectivity index is 0.00000408. The van der Waals surface area contributed by atoms with Gasteiger partial charge in [0.15, 0.2) is 0 Å². The molecule has 58 heavy (non-hydrogen) atoms. The summed E-state index contributed by atoms with van der Waals surface area (Å²) in [7, 11) is 10.5. The minimum atomic E-state index is -0.708. The molecular weight excluding hydrogens is 896 g/mol. The van der Waals surface area contributed by atoms with Gasteiger partial charge in [0.1, 0.15) is 5.82 Å². The van der Waals surface area contributed by atoms with Crippen LogP contribution in [-0.2, 0) is 33.5 Å². The summed E-state index contributed by atoms with van der Waals surface area (Å²) in [5, 5.41) is 2.22. The van der Waals surface area contributed by atoms with Gasteiger partial charge in [0.05, 0.1) is 18.1 Å². The zero-order chi connectivity index (χ0) is 38.6. The van der Waals surface area contributed by atoms with E-state index in [-0.39, 0.29) is 21.1 Å². The molecule has 0 radical (unpaired) electrons. The molecule has 0 saturated heterocycles. The van der Waals surface area contributed by atoms with Gasteiger partial charge in [-0.1, -0.05) is 78.0 Å². The molecule has 0 amide bonds. The largest absolute Gasteiger partial charge is 0.510 e. The van der Waals surface area contributed by atoms with Crippen LogP contribution in [0.2, 0.25) is 0 Å². The maximum Gasteiger partial charge on any atom is 0.242 e. The van der Waals surface area contributed by atoms with Crippen LogP contribution in [0.5, 0.6) is 11.5 Å². The van der Waals surface area contributed by atoms with Crippen LogP contribution < -0.4 is 19.1 Å². The molecule has 9 aromatic rings. The van der Waals surface area contributed by atoms with Gasteiger partial charge in [-0.2, -0.15) is 12.1 Å². The van der Waals surface area contributed by atoms with Gasteiger partial charge >= 0.3 is 0 Å². The van der Waals surface area contributed by atoms with Gasteiger partial charge in [0, 0.05) is 89.3 Å². The number of imidazole rings is 1. The van der Waals surface area contributed by atoms with Crippen LogP contribution in [0.4, 0.5) is 11.4 Å². The van der Waals surface area contributed by atoms with Gasteiger partial charge in [0.2, 0.25) is 6.33 Å². The summed E-state index contributed by atoms with van der Waals surface area (Å²) in [6.07, 6.45) is 10.0. The molecule has 2 aliphatic rings. The van der Waals surface area contributed by atoms with Gasteiger partial charge < -0.3 is 28.2 Å². The molecule has 0 N–H and O–H groups in total. The van der Waals surface area contributed by atoms with Gasteiger partial charge in [-0.3, -0.25) is 0 Å². The van der Waals surface area contributed by atoms with Crippen molar-refractivity contribution in [1.29, 1.82) is 0 Å². The zero-order valence-corrected chi connectivity index (χ0v) is 35.0. The molecule has 1 spiro atoms. The maximum absolute atomic E-state index is 6.77. The van der Waals surface area contributed by atoms with Crippen molar-refractivity contribution in [2.75, 3.05) is 38.0 Å². The number of anilines is 2. The van der Waals surface area contributed by atoms with Crippen molar-refractivity contribution in [2.45, 2.75) is 5.41 Å². The predicted octanol–water partition coefficient (Wildman–Crippen LogP) is 9.45. The third kappa shape index (κ3) is 5.09. The van der Waals surface area contributed by atoms with E-state index in [0.29, 0.717) is 11.5 Å². The summed E-state index contributed by atoms with van der Waals surface area (Å²) < 4.78 is 13.2. The Hall–Kier alpha value is -6.43. The van der Waals surface area contributed by atoms with Crippen LogP contribution in [0.3, 0.4) is 0 Å². The Morgan fingerprint density at radius 2 is 1.34 bits per heavy atom. The average Bonchev–Trinajstić information content (AvgIpc) is 3.70. The van der Waals surface area contributed by atoms with Crippen LogP contribution in [0, 0.1) is 18.5 Å². The van der Waals surface area contributed by atoms with E-state index in [1.165, 1.54) is 27.8 Å². The Labute approximate surface area is 351 Å². The van der Waals surface area contributed by atoms with Crippen LogP contribution >= 0.6 is 0 Å². The quantitative estimate of drug-likeness (QED) is 0.128. The summed E-state index contributed by atoms with van der Waals surface area (Å²) in [6, 6.07) is 50.6. The van der Waals surface area contributed by atoms with Crippen molar-refractivity contribution in [3.05, 3.63) is 179 Å². The van der Waals surface area contributed by atoms with Gasteiger partial charge in [0.25, 0.3) is 0 Å². The molecule has 4 heterocycles. The first-order valence-electron chi connectivity index (χ1n) is 19.2. The molecule has 0 bridgehead atoms. The first kappa shape index (κ1) is 35.9. The number of hydrogen-bond donors (Lipinski definition) is 0. The van der Waals surface area contributed by atoms with E-state index in [4.69, 9.17) is 9.72 Å². The second kappa shape index (κ2) is 13.3. The standard InChI is InChI=1S/C50H38N6O.Pt/c1-52(2)34-20-18-32-16-17-33-19-21-35(53(3)4)28-43(33)50(42(32)27-34)40-25-23-37(30-47(40)55-31-54(5)45-14-10-12-41(50)49(45)55)57-36-22-24-39-38-11-6-7-13-44(38)56(46(39)29-36)48-15-8-9-26-51-48;/h6-28H,1-5H3;/q-2;. The van der Waals surface area contributed by atoms with E-state index in [0.717, 1.165) is 61.3 Å². The monoisotopic (exact) mass is 933 g/mol. The molecule has 6 aromatic carbocycles. The smallest absolute Gasteiger partial charge is 0.242 e. The molecule has 286 valence electrons. The molecule has 0 saturated carbocycles.